The van der Waals surface area contributed by atoms with E-state index in [2.05, 4.69) is 29.5 Å². The SMILES string of the molecule is Cc1cc(C)n(CCCNc2cccc(Cl)c2C#N)n1. The van der Waals surface area contributed by atoms with Crippen molar-refractivity contribution in [3.05, 3.63) is 46.2 Å². The second-order valence-corrected chi connectivity index (χ2v) is 5.11. The number of nitriles is 1. The van der Waals surface area contributed by atoms with Crippen LogP contribution in [0.5, 0.6) is 0 Å². The molecular weight excluding hydrogens is 272 g/mol. The van der Waals surface area contributed by atoms with E-state index in [0.717, 1.165) is 30.9 Å². The third-order valence-electron chi connectivity index (χ3n) is 3.09. The molecule has 0 aliphatic heterocycles. The van der Waals surface area contributed by atoms with Gasteiger partial charge in [-0.2, -0.15) is 10.4 Å². The first-order valence-corrected chi connectivity index (χ1v) is 6.93. The fourth-order valence-corrected chi connectivity index (χ4v) is 2.36. The monoisotopic (exact) mass is 288 g/mol. The van der Waals surface area contributed by atoms with Crippen molar-refractivity contribution in [3.63, 3.8) is 0 Å². The van der Waals surface area contributed by atoms with Gasteiger partial charge in [0, 0.05) is 18.8 Å². The number of hydrogen-bond donors (Lipinski definition) is 1. The summed E-state index contributed by atoms with van der Waals surface area (Å²) in [7, 11) is 0. The van der Waals surface area contributed by atoms with Crippen LogP contribution < -0.4 is 5.32 Å². The molecule has 1 heterocycles. The zero-order valence-electron chi connectivity index (χ0n) is 11.7. The maximum Gasteiger partial charge on any atom is 0.103 e. The molecule has 0 aliphatic rings. The van der Waals surface area contributed by atoms with Crippen molar-refractivity contribution in [2.75, 3.05) is 11.9 Å². The Labute approximate surface area is 124 Å². The lowest BCUT2D eigenvalue weighted by atomic mass is 10.2. The number of nitrogens with one attached hydrogen (secondary N) is 1. The first-order chi connectivity index (χ1) is 9.61. The van der Waals surface area contributed by atoms with Gasteiger partial charge < -0.3 is 5.32 Å². The van der Waals surface area contributed by atoms with Gasteiger partial charge in [-0.15, -0.1) is 0 Å². The van der Waals surface area contributed by atoms with E-state index in [1.54, 1.807) is 6.07 Å². The predicted octanol–water partition coefficient (Wildman–Crippen LogP) is 3.53. The summed E-state index contributed by atoms with van der Waals surface area (Å²) >= 11 is 5.99. The van der Waals surface area contributed by atoms with Crippen LogP contribution in [0, 0.1) is 25.2 Å². The Morgan fingerprint density at radius 1 is 1.40 bits per heavy atom. The standard InChI is InChI=1S/C15H17ClN4/c1-11-9-12(2)20(19-11)8-4-7-18-15-6-3-5-14(16)13(15)10-17/h3,5-6,9,18H,4,7-8H2,1-2H3. The summed E-state index contributed by atoms with van der Waals surface area (Å²) in [6.45, 7) is 5.67. The average molecular weight is 289 g/mol. The van der Waals surface area contributed by atoms with E-state index in [1.165, 1.54) is 5.69 Å². The first-order valence-electron chi connectivity index (χ1n) is 6.55. The first kappa shape index (κ1) is 14.4. The zero-order valence-corrected chi connectivity index (χ0v) is 12.4. The van der Waals surface area contributed by atoms with Gasteiger partial charge >= 0.3 is 0 Å². The van der Waals surface area contributed by atoms with Gasteiger partial charge in [0.05, 0.1) is 22.0 Å². The van der Waals surface area contributed by atoms with Crippen LogP contribution in [-0.4, -0.2) is 16.3 Å². The molecule has 1 N–H and O–H groups in total. The minimum Gasteiger partial charge on any atom is -0.384 e. The van der Waals surface area contributed by atoms with E-state index < -0.39 is 0 Å². The normalized spacial score (nSPS) is 10.3. The second-order valence-electron chi connectivity index (χ2n) is 4.70. The number of nitrogens with zero attached hydrogens (tertiary/aromatic N) is 3. The summed E-state index contributed by atoms with van der Waals surface area (Å²) in [5, 5.41) is 17.2. The van der Waals surface area contributed by atoms with Crippen molar-refractivity contribution >= 4 is 17.3 Å². The molecule has 104 valence electrons. The summed E-state index contributed by atoms with van der Waals surface area (Å²) < 4.78 is 2.00. The summed E-state index contributed by atoms with van der Waals surface area (Å²) in [5.41, 5.74) is 3.49. The third-order valence-corrected chi connectivity index (χ3v) is 3.41. The number of aromatic nitrogens is 2. The molecule has 0 bridgehead atoms. The Morgan fingerprint density at radius 2 is 2.20 bits per heavy atom. The average Bonchev–Trinajstić information content (AvgIpc) is 2.73. The van der Waals surface area contributed by atoms with Gasteiger partial charge in [-0.1, -0.05) is 17.7 Å². The second kappa shape index (κ2) is 6.44. The van der Waals surface area contributed by atoms with Crippen molar-refractivity contribution < 1.29 is 0 Å². The van der Waals surface area contributed by atoms with Crippen LogP contribution in [0.3, 0.4) is 0 Å². The Kier molecular flexibility index (Phi) is 4.65. The Morgan fingerprint density at radius 3 is 2.85 bits per heavy atom. The number of hydrogen-bond acceptors (Lipinski definition) is 3. The Balaban J connectivity index is 1.90. The molecule has 20 heavy (non-hydrogen) atoms. The molecule has 2 aromatic rings. The topological polar surface area (TPSA) is 53.6 Å². The van der Waals surface area contributed by atoms with E-state index in [-0.39, 0.29) is 0 Å². The maximum atomic E-state index is 9.08. The van der Waals surface area contributed by atoms with Crippen LogP contribution in [0.4, 0.5) is 5.69 Å². The zero-order chi connectivity index (χ0) is 14.5. The molecular formula is C15H17ClN4. The van der Waals surface area contributed by atoms with Gasteiger partial charge in [-0.25, -0.2) is 0 Å². The summed E-state index contributed by atoms with van der Waals surface area (Å²) in [6, 6.07) is 9.62. The highest BCUT2D eigenvalue weighted by Crippen LogP contribution is 2.23. The highest BCUT2D eigenvalue weighted by Gasteiger charge is 2.05. The van der Waals surface area contributed by atoms with E-state index in [0.29, 0.717) is 10.6 Å². The van der Waals surface area contributed by atoms with Gasteiger partial charge in [0.25, 0.3) is 0 Å². The number of aryl methyl sites for hydroxylation is 3. The van der Waals surface area contributed by atoms with Crippen LogP contribution in [0.15, 0.2) is 24.3 Å². The molecule has 4 nitrogen and oxygen atoms in total. The highest BCUT2D eigenvalue weighted by molar-refractivity contribution is 6.32. The summed E-state index contributed by atoms with van der Waals surface area (Å²) in [5.74, 6) is 0. The minimum absolute atomic E-state index is 0.482. The molecule has 0 fully saturated rings. The van der Waals surface area contributed by atoms with Gasteiger partial charge in [-0.05, 0) is 38.5 Å². The third kappa shape index (κ3) is 3.31. The van der Waals surface area contributed by atoms with Gasteiger partial charge in [0.1, 0.15) is 6.07 Å². The Hall–Kier alpha value is -1.99. The Bertz CT molecular complexity index is 640. The lowest BCUT2D eigenvalue weighted by molar-refractivity contribution is 0.574. The van der Waals surface area contributed by atoms with E-state index >= 15 is 0 Å². The lowest BCUT2D eigenvalue weighted by Crippen LogP contribution is -2.09. The quantitative estimate of drug-likeness (QED) is 0.856. The summed E-state index contributed by atoms with van der Waals surface area (Å²) in [4.78, 5) is 0. The van der Waals surface area contributed by atoms with Gasteiger partial charge in [0.15, 0.2) is 0 Å². The van der Waals surface area contributed by atoms with Crippen LogP contribution in [0.25, 0.3) is 0 Å². The molecule has 0 atom stereocenters. The van der Waals surface area contributed by atoms with Crippen LogP contribution in [-0.2, 0) is 6.54 Å². The number of rotatable bonds is 5. The predicted molar refractivity (Wildman–Crippen MR) is 81.0 cm³/mol. The molecule has 0 unspecified atom stereocenters. The lowest BCUT2D eigenvalue weighted by Gasteiger charge is -2.09. The van der Waals surface area contributed by atoms with Crippen molar-refractivity contribution in [2.24, 2.45) is 0 Å². The molecule has 0 saturated heterocycles. The summed E-state index contributed by atoms with van der Waals surface area (Å²) in [6.07, 6.45) is 0.930. The number of anilines is 1. The molecule has 0 radical (unpaired) electrons. The van der Waals surface area contributed by atoms with E-state index in [9.17, 15) is 0 Å². The molecule has 0 spiro atoms. The van der Waals surface area contributed by atoms with Crippen LogP contribution in [0.2, 0.25) is 5.02 Å². The molecule has 1 aromatic carbocycles. The van der Waals surface area contributed by atoms with Crippen molar-refractivity contribution in [3.8, 4) is 6.07 Å². The number of halogens is 1. The van der Waals surface area contributed by atoms with E-state index in [4.69, 9.17) is 16.9 Å². The molecule has 2 rings (SSSR count). The molecule has 1 aromatic heterocycles. The van der Waals surface area contributed by atoms with Crippen LogP contribution in [0.1, 0.15) is 23.4 Å². The molecule has 0 aliphatic carbocycles. The van der Waals surface area contributed by atoms with Gasteiger partial charge in [0.2, 0.25) is 0 Å². The largest absolute Gasteiger partial charge is 0.384 e. The fraction of sp³-hybridized carbons (Fsp3) is 0.333. The van der Waals surface area contributed by atoms with Crippen molar-refractivity contribution in [2.45, 2.75) is 26.8 Å². The molecule has 0 amide bonds. The minimum atomic E-state index is 0.482. The van der Waals surface area contributed by atoms with Crippen LogP contribution >= 0.6 is 11.6 Å². The van der Waals surface area contributed by atoms with Crippen molar-refractivity contribution in [1.82, 2.24) is 9.78 Å². The maximum absolute atomic E-state index is 9.08. The highest BCUT2D eigenvalue weighted by atomic mass is 35.5. The van der Waals surface area contributed by atoms with E-state index in [1.807, 2.05) is 23.7 Å². The van der Waals surface area contributed by atoms with Gasteiger partial charge in [-0.3, -0.25) is 4.68 Å². The molecule has 5 heteroatoms. The molecule has 0 saturated carbocycles. The van der Waals surface area contributed by atoms with Crippen molar-refractivity contribution in [1.29, 1.82) is 5.26 Å². The smallest absolute Gasteiger partial charge is 0.103 e. The fourth-order valence-electron chi connectivity index (χ4n) is 2.14. The number of benzene rings is 1.